The quantitative estimate of drug-likeness (QED) is 0.186. The van der Waals surface area contributed by atoms with Gasteiger partial charge in [0, 0.05) is 24.0 Å². The first-order valence-corrected chi connectivity index (χ1v) is 16.6. The Kier molecular flexibility index (Phi) is 13.6. The molecule has 0 fully saturated rings. The lowest BCUT2D eigenvalue weighted by Gasteiger charge is -2.19. The first kappa shape index (κ1) is 40.3. The fraction of sp³-hybridized carbons (Fsp3) is 0.395. The molecule has 11 nitrogen and oxygen atoms in total. The highest BCUT2D eigenvalue weighted by Gasteiger charge is 2.27. The van der Waals surface area contributed by atoms with Gasteiger partial charge in [0.2, 0.25) is 5.95 Å². The maximum Gasteiger partial charge on any atom is 0.405 e. The van der Waals surface area contributed by atoms with Crippen LogP contribution in [0.25, 0.3) is 22.0 Å². The molecule has 0 saturated carbocycles. The van der Waals surface area contributed by atoms with E-state index in [1.807, 2.05) is 58.9 Å². The molecule has 1 aromatic heterocycles. The van der Waals surface area contributed by atoms with Crippen LogP contribution in [0.5, 0.6) is 0 Å². The Morgan fingerprint density at radius 2 is 1.47 bits per heavy atom. The van der Waals surface area contributed by atoms with Gasteiger partial charge in [-0.05, 0) is 88.1 Å². The van der Waals surface area contributed by atoms with Crippen molar-refractivity contribution >= 4 is 34.8 Å². The third-order valence-electron chi connectivity index (χ3n) is 7.14. The minimum atomic E-state index is -1.07. The summed E-state index contributed by atoms with van der Waals surface area (Å²) in [6.45, 7) is 15.6. The maximum atomic E-state index is 14.4. The van der Waals surface area contributed by atoms with Gasteiger partial charge in [0.1, 0.15) is 17.9 Å². The van der Waals surface area contributed by atoms with Crippen LogP contribution in [0.2, 0.25) is 0 Å². The lowest BCUT2D eigenvalue weighted by molar-refractivity contribution is -0.147. The number of nitrogen functional groups attached to an aromatic ring is 1. The summed E-state index contributed by atoms with van der Waals surface area (Å²) in [4.78, 5) is 46.1. The number of carbonyl (C=O) groups is 3. The first-order valence-electron chi connectivity index (χ1n) is 16.6. The van der Waals surface area contributed by atoms with Gasteiger partial charge in [-0.15, -0.1) is 0 Å². The third kappa shape index (κ3) is 11.7. The molecule has 2 heterocycles. The zero-order chi connectivity index (χ0) is 38.1. The van der Waals surface area contributed by atoms with Crippen molar-refractivity contribution in [2.75, 3.05) is 12.3 Å². The predicted octanol–water partition coefficient (Wildman–Crippen LogP) is 7.47. The average molecular weight is 708 g/mol. The number of nitrogens with zero attached hydrogens (tertiary/aromatic N) is 3. The molecule has 0 spiro atoms. The van der Waals surface area contributed by atoms with Gasteiger partial charge in [0.25, 0.3) is 5.91 Å². The molecule has 13 heteroatoms. The van der Waals surface area contributed by atoms with Crippen LogP contribution in [0, 0.1) is 11.6 Å². The number of ether oxygens (including phenoxy) is 3. The van der Waals surface area contributed by atoms with Crippen LogP contribution in [0.15, 0.2) is 54.6 Å². The van der Waals surface area contributed by atoms with E-state index in [-0.39, 0.29) is 42.7 Å². The van der Waals surface area contributed by atoms with Gasteiger partial charge in [0.05, 0.1) is 24.1 Å². The SMILES string of the molecule is CC.CC(C)(C)OC(N)=O.CC(C)(C)OCCC(=O)OCc1cc(F)c(F)cc1-c1ccc2nc(N)nc(C(=O)N3Cc4ccccc4C3)c2c1. The molecule has 1 aliphatic heterocycles. The molecule has 1 aliphatic rings. The smallest absolute Gasteiger partial charge is 0.405 e. The Bertz CT molecular complexity index is 1850. The summed E-state index contributed by atoms with van der Waals surface area (Å²) in [5.74, 6) is -3.05. The molecule has 0 saturated heterocycles. The van der Waals surface area contributed by atoms with Crippen LogP contribution >= 0.6 is 0 Å². The Morgan fingerprint density at radius 1 is 0.863 bits per heavy atom. The number of anilines is 1. The number of esters is 1. The van der Waals surface area contributed by atoms with Crippen molar-refractivity contribution in [1.29, 1.82) is 0 Å². The second-order valence-electron chi connectivity index (χ2n) is 13.4. The van der Waals surface area contributed by atoms with Crippen molar-refractivity contribution in [3.8, 4) is 11.1 Å². The summed E-state index contributed by atoms with van der Waals surface area (Å²) in [6.07, 6.45) is -0.714. The normalized spacial score (nSPS) is 12.2. The maximum absolute atomic E-state index is 14.4. The second kappa shape index (κ2) is 17.2. The largest absolute Gasteiger partial charge is 0.461 e. The summed E-state index contributed by atoms with van der Waals surface area (Å²) in [6, 6.07) is 14.8. The molecule has 51 heavy (non-hydrogen) atoms. The van der Waals surface area contributed by atoms with Crippen molar-refractivity contribution in [2.45, 2.75) is 92.7 Å². The van der Waals surface area contributed by atoms with E-state index in [2.05, 4.69) is 14.7 Å². The standard InChI is InChI=1S/C31H30F2N4O4.C5H11NO2.C2H6/c1-31(2,3)41-11-10-27(38)40-17-21-13-24(32)25(33)14-22(21)18-8-9-26-23(12-18)28(36-30(34)35-26)29(39)37-15-19-6-4-5-7-20(19)16-37;1-5(2,3)8-4(6)7;1-2/h4-9,12-14H,10-11,15-17H2,1-3H3,(H2,34,35,36);1-3H3,(H2,6,7);1-2H3. The second-order valence-corrected chi connectivity index (χ2v) is 13.4. The summed E-state index contributed by atoms with van der Waals surface area (Å²) in [5, 5.41) is 0.407. The topological polar surface area (TPSA) is 160 Å². The molecule has 5 rings (SSSR count). The zero-order valence-electron chi connectivity index (χ0n) is 30.4. The van der Waals surface area contributed by atoms with Gasteiger partial charge in [-0.25, -0.2) is 23.5 Å². The Labute approximate surface area is 297 Å². The molecule has 4 N–H and O–H groups in total. The fourth-order valence-corrected chi connectivity index (χ4v) is 5.05. The number of primary amides is 1. The van der Waals surface area contributed by atoms with E-state index < -0.39 is 34.9 Å². The Balaban J connectivity index is 0.000000621. The van der Waals surface area contributed by atoms with E-state index in [4.69, 9.17) is 20.9 Å². The molecule has 274 valence electrons. The highest BCUT2D eigenvalue weighted by Crippen LogP contribution is 2.32. The molecular weight excluding hydrogens is 660 g/mol. The Hall–Kier alpha value is -5.17. The van der Waals surface area contributed by atoms with Crippen LogP contribution in [0.3, 0.4) is 0 Å². The van der Waals surface area contributed by atoms with Gasteiger partial charge in [0.15, 0.2) is 11.6 Å². The first-order chi connectivity index (χ1) is 23.9. The van der Waals surface area contributed by atoms with Crippen LogP contribution in [0.1, 0.15) is 89.0 Å². The van der Waals surface area contributed by atoms with Gasteiger partial charge in [-0.1, -0.05) is 44.2 Å². The fourth-order valence-electron chi connectivity index (χ4n) is 5.05. The number of carbonyl (C=O) groups excluding carboxylic acids is 3. The van der Waals surface area contributed by atoms with Crippen molar-refractivity contribution in [1.82, 2.24) is 14.9 Å². The third-order valence-corrected chi connectivity index (χ3v) is 7.14. The minimum absolute atomic E-state index is 0.0108. The monoisotopic (exact) mass is 707 g/mol. The number of hydrogen-bond donors (Lipinski definition) is 2. The number of nitrogens with two attached hydrogens (primary N) is 2. The molecule has 0 aliphatic carbocycles. The number of rotatable bonds is 7. The van der Waals surface area contributed by atoms with Crippen LogP contribution < -0.4 is 11.5 Å². The highest BCUT2D eigenvalue weighted by atomic mass is 19.2. The van der Waals surface area contributed by atoms with Crippen LogP contribution in [0.4, 0.5) is 19.5 Å². The van der Waals surface area contributed by atoms with E-state index in [1.54, 1.807) is 43.9 Å². The summed E-state index contributed by atoms with van der Waals surface area (Å²) in [5.41, 5.74) is 13.5. The lowest BCUT2D eigenvalue weighted by Crippen LogP contribution is -2.27. The summed E-state index contributed by atoms with van der Waals surface area (Å²) in [7, 11) is 0. The van der Waals surface area contributed by atoms with Crippen molar-refractivity contribution in [3.05, 3.63) is 88.6 Å². The van der Waals surface area contributed by atoms with Crippen LogP contribution in [-0.4, -0.2) is 50.6 Å². The Morgan fingerprint density at radius 3 is 2.02 bits per heavy atom. The molecule has 3 aromatic carbocycles. The molecular formula is C38H47F2N5O6. The number of aromatic nitrogens is 2. The molecule has 0 radical (unpaired) electrons. The number of fused-ring (bicyclic) bond motifs is 2. The highest BCUT2D eigenvalue weighted by molar-refractivity contribution is 6.06. The lowest BCUT2D eigenvalue weighted by atomic mass is 9.97. The minimum Gasteiger partial charge on any atom is -0.461 e. The van der Waals surface area contributed by atoms with Gasteiger partial charge in [-0.3, -0.25) is 9.59 Å². The number of halogens is 2. The number of benzene rings is 3. The zero-order valence-corrected chi connectivity index (χ0v) is 30.4. The van der Waals surface area contributed by atoms with Crippen LogP contribution in [-0.2, 0) is 38.7 Å². The van der Waals surface area contributed by atoms with Crippen molar-refractivity contribution in [2.24, 2.45) is 5.73 Å². The van der Waals surface area contributed by atoms with E-state index in [0.717, 1.165) is 23.3 Å². The molecule has 2 amide bonds. The molecule has 0 atom stereocenters. The predicted molar refractivity (Wildman–Crippen MR) is 191 cm³/mol. The summed E-state index contributed by atoms with van der Waals surface area (Å²) < 4.78 is 44.2. The molecule has 0 bridgehead atoms. The average Bonchev–Trinajstić information content (AvgIpc) is 3.48. The van der Waals surface area contributed by atoms with E-state index in [1.165, 1.54) is 0 Å². The van der Waals surface area contributed by atoms with Crippen molar-refractivity contribution in [3.63, 3.8) is 0 Å². The van der Waals surface area contributed by atoms with Gasteiger partial charge in [-0.2, -0.15) is 0 Å². The van der Waals surface area contributed by atoms with Gasteiger partial charge >= 0.3 is 12.1 Å². The van der Waals surface area contributed by atoms with E-state index in [9.17, 15) is 23.2 Å². The summed E-state index contributed by atoms with van der Waals surface area (Å²) >= 11 is 0. The van der Waals surface area contributed by atoms with E-state index in [0.29, 0.717) is 35.1 Å². The molecule has 4 aromatic rings. The number of hydrogen-bond acceptors (Lipinski definition) is 9. The van der Waals surface area contributed by atoms with Crippen molar-refractivity contribution < 1.29 is 37.4 Å². The number of amides is 2. The molecule has 0 unspecified atom stereocenters. The van der Waals surface area contributed by atoms with E-state index >= 15 is 0 Å². The van der Waals surface area contributed by atoms with Gasteiger partial charge < -0.3 is 30.6 Å².